The number of hydrogen-bond acceptors (Lipinski definition) is 4. The third-order valence-electron chi connectivity index (χ3n) is 2.89. The van der Waals surface area contributed by atoms with Crippen molar-refractivity contribution < 1.29 is 14.6 Å². The van der Waals surface area contributed by atoms with Crippen LogP contribution in [-0.4, -0.2) is 35.9 Å². The predicted molar refractivity (Wildman–Crippen MR) is 74.3 cm³/mol. The number of benzene rings is 1. The third-order valence-corrected chi connectivity index (χ3v) is 3.91. The largest absolute Gasteiger partial charge is 0.494 e. The molecule has 0 aromatic heterocycles. The van der Waals surface area contributed by atoms with E-state index in [-0.39, 0.29) is 6.10 Å². The summed E-state index contributed by atoms with van der Waals surface area (Å²) in [5.41, 5.74) is 0.895. The first-order valence-corrected chi connectivity index (χ1v) is 7.57. The van der Waals surface area contributed by atoms with Gasteiger partial charge in [0, 0.05) is 11.5 Å². The summed E-state index contributed by atoms with van der Waals surface area (Å²) in [6.07, 6.45) is 0.363. The van der Waals surface area contributed by atoms with Crippen molar-refractivity contribution in [2.45, 2.75) is 25.6 Å². The lowest BCUT2D eigenvalue weighted by atomic mass is 10.1. The molecule has 0 radical (unpaired) electrons. The summed E-state index contributed by atoms with van der Waals surface area (Å²) in [7, 11) is 0. The van der Waals surface area contributed by atoms with E-state index in [0.717, 1.165) is 42.5 Å². The van der Waals surface area contributed by atoms with E-state index in [2.05, 4.69) is 6.92 Å². The van der Waals surface area contributed by atoms with Gasteiger partial charge in [-0.3, -0.25) is 0 Å². The Balaban J connectivity index is 1.95. The van der Waals surface area contributed by atoms with Gasteiger partial charge in [-0.15, -0.1) is 0 Å². The van der Waals surface area contributed by atoms with Crippen molar-refractivity contribution in [3.05, 3.63) is 29.8 Å². The second-order valence-electron chi connectivity index (χ2n) is 4.35. The van der Waals surface area contributed by atoms with Crippen molar-refractivity contribution in [3.63, 3.8) is 0 Å². The quantitative estimate of drug-likeness (QED) is 0.891. The summed E-state index contributed by atoms with van der Waals surface area (Å²) in [6, 6.07) is 7.64. The van der Waals surface area contributed by atoms with E-state index in [0.29, 0.717) is 0 Å². The van der Waals surface area contributed by atoms with Crippen LogP contribution >= 0.6 is 11.8 Å². The monoisotopic (exact) mass is 268 g/mol. The van der Waals surface area contributed by atoms with Crippen molar-refractivity contribution in [3.8, 4) is 5.75 Å². The number of ether oxygens (including phenoxy) is 2. The molecular weight excluding hydrogens is 248 g/mol. The van der Waals surface area contributed by atoms with Gasteiger partial charge in [0.05, 0.1) is 19.3 Å². The fraction of sp³-hybridized carbons (Fsp3) is 0.571. The van der Waals surface area contributed by atoms with Crippen LogP contribution in [-0.2, 0) is 4.74 Å². The summed E-state index contributed by atoms with van der Waals surface area (Å²) in [6.45, 7) is 3.53. The van der Waals surface area contributed by atoms with Gasteiger partial charge in [0.1, 0.15) is 11.9 Å². The van der Waals surface area contributed by atoms with Gasteiger partial charge in [0.2, 0.25) is 0 Å². The molecule has 1 fully saturated rings. The fourth-order valence-corrected chi connectivity index (χ4v) is 2.78. The number of aliphatic hydroxyl groups is 1. The zero-order valence-corrected chi connectivity index (χ0v) is 11.5. The molecule has 3 nitrogen and oxygen atoms in total. The predicted octanol–water partition coefficient (Wildman–Crippen LogP) is 2.64. The molecule has 0 bridgehead atoms. The van der Waals surface area contributed by atoms with E-state index in [1.54, 1.807) is 0 Å². The van der Waals surface area contributed by atoms with Crippen LogP contribution in [0.25, 0.3) is 0 Å². The molecule has 1 aliphatic heterocycles. The van der Waals surface area contributed by atoms with Crippen molar-refractivity contribution in [1.82, 2.24) is 0 Å². The number of thioether (sulfide) groups is 1. The van der Waals surface area contributed by atoms with Crippen LogP contribution in [0, 0.1) is 0 Å². The van der Waals surface area contributed by atoms with Crippen LogP contribution in [0.1, 0.15) is 25.0 Å². The van der Waals surface area contributed by atoms with E-state index in [4.69, 9.17) is 9.47 Å². The average molecular weight is 268 g/mol. The number of aliphatic hydroxyl groups excluding tert-OH is 1. The van der Waals surface area contributed by atoms with Gasteiger partial charge >= 0.3 is 0 Å². The van der Waals surface area contributed by atoms with Crippen LogP contribution < -0.4 is 4.74 Å². The molecule has 1 aromatic carbocycles. The van der Waals surface area contributed by atoms with Crippen molar-refractivity contribution in [1.29, 1.82) is 0 Å². The first-order chi connectivity index (χ1) is 8.81. The standard InChI is InChI=1S/C14H20O3S/c1-2-7-16-12-5-3-11(4-6-12)14(15)13-10-18-9-8-17-13/h3-6,13-15H,2,7-10H2,1H3. The molecule has 2 unspecified atom stereocenters. The Morgan fingerprint density at radius 1 is 1.44 bits per heavy atom. The van der Waals surface area contributed by atoms with Gasteiger partial charge in [-0.25, -0.2) is 0 Å². The highest BCUT2D eigenvalue weighted by Crippen LogP contribution is 2.26. The van der Waals surface area contributed by atoms with Crippen LogP contribution in [0.3, 0.4) is 0 Å². The van der Waals surface area contributed by atoms with Crippen LogP contribution in [0.5, 0.6) is 5.75 Å². The molecule has 0 amide bonds. The maximum atomic E-state index is 10.2. The maximum absolute atomic E-state index is 10.2. The molecular formula is C14H20O3S. The molecule has 1 saturated heterocycles. The highest BCUT2D eigenvalue weighted by molar-refractivity contribution is 7.99. The molecule has 1 aromatic rings. The molecule has 0 aliphatic carbocycles. The van der Waals surface area contributed by atoms with Gasteiger partial charge in [0.25, 0.3) is 0 Å². The molecule has 1 aliphatic rings. The van der Waals surface area contributed by atoms with E-state index in [9.17, 15) is 5.11 Å². The van der Waals surface area contributed by atoms with E-state index in [1.165, 1.54) is 0 Å². The highest BCUT2D eigenvalue weighted by atomic mass is 32.2. The smallest absolute Gasteiger partial charge is 0.119 e. The Labute approximate surface area is 112 Å². The molecule has 0 saturated carbocycles. The van der Waals surface area contributed by atoms with E-state index >= 15 is 0 Å². The summed E-state index contributed by atoms with van der Waals surface area (Å²) in [4.78, 5) is 0. The van der Waals surface area contributed by atoms with Crippen molar-refractivity contribution >= 4 is 11.8 Å². The fourth-order valence-electron chi connectivity index (χ4n) is 1.88. The first-order valence-electron chi connectivity index (χ1n) is 6.41. The highest BCUT2D eigenvalue weighted by Gasteiger charge is 2.24. The van der Waals surface area contributed by atoms with Crippen LogP contribution in [0.15, 0.2) is 24.3 Å². The molecule has 100 valence electrons. The van der Waals surface area contributed by atoms with E-state index in [1.807, 2.05) is 36.0 Å². The Morgan fingerprint density at radius 3 is 2.83 bits per heavy atom. The number of hydrogen-bond donors (Lipinski definition) is 1. The second-order valence-corrected chi connectivity index (χ2v) is 5.50. The minimum Gasteiger partial charge on any atom is -0.494 e. The third kappa shape index (κ3) is 3.64. The van der Waals surface area contributed by atoms with Gasteiger partial charge in [-0.1, -0.05) is 19.1 Å². The Morgan fingerprint density at radius 2 is 2.22 bits per heavy atom. The van der Waals surface area contributed by atoms with Gasteiger partial charge in [0.15, 0.2) is 0 Å². The summed E-state index contributed by atoms with van der Waals surface area (Å²) < 4.78 is 11.1. The van der Waals surface area contributed by atoms with Crippen LogP contribution in [0.2, 0.25) is 0 Å². The minimum atomic E-state index is -0.543. The second kappa shape index (κ2) is 7.02. The van der Waals surface area contributed by atoms with Crippen LogP contribution in [0.4, 0.5) is 0 Å². The van der Waals surface area contributed by atoms with Gasteiger partial charge in [-0.2, -0.15) is 11.8 Å². The zero-order chi connectivity index (χ0) is 12.8. The van der Waals surface area contributed by atoms with Gasteiger partial charge in [-0.05, 0) is 24.1 Å². The molecule has 18 heavy (non-hydrogen) atoms. The Hall–Kier alpha value is -0.710. The summed E-state index contributed by atoms with van der Waals surface area (Å²) >= 11 is 1.83. The molecule has 1 N–H and O–H groups in total. The molecule has 2 rings (SSSR count). The Bertz CT molecular complexity index is 347. The van der Waals surface area contributed by atoms with E-state index < -0.39 is 6.10 Å². The average Bonchev–Trinajstić information content (AvgIpc) is 2.46. The SMILES string of the molecule is CCCOc1ccc(C(O)C2CSCCO2)cc1. The van der Waals surface area contributed by atoms with Gasteiger partial charge < -0.3 is 14.6 Å². The summed E-state index contributed by atoms with van der Waals surface area (Å²) in [5.74, 6) is 2.73. The number of rotatable bonds is 5. The minimum absolute atomic E-state index is 0.0915. The molecule has 4 heteroatoms. The Kier molecular flexibility index (Phi) is 5.35. The maximum Gasteiger partial charge on any atom is 0.119 e. The first kappa shape index (κ1) is 13.7. The lowest BCUT2D eigenvalue weighted by Gasteiger charge is -2.27. The lowest BCUT2D eigenvalue weighted by molar-refractivity contribution is -0.0227. The molecule has 2 atom stereocenters. The molecule has 0 spiro atoms. The van der Waals surface area contributed by atoms with Crippen molar-refractivity contribution in [2.24, 2.45) is 0 Å². The van der Waals surface area contributed by atoms with Crippen molar-refractivity contribution in [2.75, 3.05) is 24.7 Å². The molecule has 1 heterocycles. The summed E-state index contributed by atoms with van der Waals surface area (Å²) in [5, 5.41) is 10.2. The normalized spacial score (nSPS) is 21.6. The topological polar surface area (TPSA) is 38.7 Å². The lowest BCUT2D eigenvalue weighted by Crippen LogP contribution is -2.29. The zero-order valence-electron chi connectivity index (χ0n) is 10.7.